The van der Waals surface area contributed by atoms with Gasteiger partial charge in [0.25, 0.3) is 0 Å². The lowest BCUT2D eigenvalue weighted by molar-refractivity contribution is 0.0978. The van der Waals surface area contributed by atoms with Crippen LogP contribution in [0.2, 0.25) is 5.02 Å². The Bertz CT molecular complexity index is 482. The molecular weight excluding hydrogens is 242 g/mol. The van der Waals surface area contributed by atoms with E-state index in [1.54, 1.807) is 29.7 Å². The second-order valence-corrected chi connectivity index (χ2v) is 4.78. The highest BCUT2D eigenvalue weighted by Gasteiger charge is 2.11. The van der Waals surface area contributed by atoms with Crippen LogP contribution in [-0.2, 0) is 6.42 Å². The van der Waals surface area contributed by atoms with Gasteiger partial charge in [0, 0.05) is 17.5 Å². The molecule has 0 aliphatic heterocycles. The zero-order valence-electron chi connectivity index (χ0n) is 8.52. The van der Waals surface area contributed by atoms with Crippen LogP contribution in [0.15, 0.2) is 35.8 Å². The van der Waals surface area contributed by atoms with Gasteiger partial charge in [-0.3, -0.25) is 9.78 Å². The van der Waals surface area contributed by atoms with Crippen molar-refractivity contribution in [2.75, 3.05) is 0 Å². The highest BCUT2D eigenvalue weighted by atomic mass is 35.5. The first-order valence-corrected chi connectivity index (χ1v) is 6.19. The lowest BCUT2D eigenvalue weighted by Crippen LogP contribution is -2.03. The van der Waals surface area contributed by atoms with E-state index >= 15 is 0 Å². The van der Waals surface area contributed by atoms with E-state index in [4.69, 9.17) is 11.6 Å². The van der Waals surface area contributed by atoms with Gasteiger partial charge in [0.15, 0.2) is 5.78 Å². The fourth-order valence-electron chi connectivity index (χ4n) is 1.40. The molecule has 0 bridgehead atoms. The molecule has 82 valence electrons. The lowest BCUT2D eigenvalue weighted by Gasteiger charge is -2.00. The van der Waals surface area contributed by atoms with Crippen LogP contribution >= 0.6 is 22.9 Å². The molecule has 0 aliphatic rings. The number of carbonyl (C=O) groups excluding carboxylic acids is 1. The normalized spacial score (nSPS) is 10.3. The van der Waals surface area contributed by atoms with Crippen molar-refractivity contribution in [3.63, 3.8) is 0 Å². The van der Waals surface area contributed by atoms with Crippen LogP contribution < -0.4 is 0 Å². The highest BCUT2D eigenvalue weighted by molar-refractivity contribution is 7.09. The van der Waals surface area contributed by atoms with Crippen LogP contribution in [0.3, 0.4) is 0 Å². The topological polar surface area (TPSA) is 30.0 Å². The zero-order valence-corrected chi connectivity index (χ0v) is 10.1. The third-order valence-electron chi connectivity index (χ3n) is 2.20. The number of hydrogen-bond acceptors (Lipinski definition) is 3. The number of thiophene rings is 1. The fraction of sp³-hybridized carbons (Fsp3) is 0.167. The van der Waals surface area contributed by atoms with Crippen molar-refractivity contribution >= 4 is 28.7 Å². The molecule has 0 amide bonds. The number of nitrogens with zero attached hydrogens (tertiary/aromatic N) is 1. The van der Waals surface area contributed by atoms with Crippen LogP contribution in [0.4, 0.5) is 0 Å². The predicted molar refractivity (Wildman–Crippen MR) is 66.2 cm³/mol. The van der Waals surface area contributed by atoms with Crippen LogP contribution in [0.5, 0.6) is 0 Å². The molecular formula is C12H10ClNOS. The summed E-state index contributed by atoms with van der Waals surface area (Å²) in [5, 5.41) is 2.44. The number of pyridine rings is 1. The Hall–Kier alpha value is -1.19. The van der Waals surface area contributed by atoms with Gasteiger partial charge in [-0.25, -0.2) is 0 Å². The molecule has 0 atom stereocenters. The third kappa shape index (κ3) is 2.68. The van der Waals surface area contributed by atoms with E-state index in [0.717, 1.165) is 6.42 Å². The monoisotopic (exact) mass is 251 g/mol. The maximum Gasteiger partial charge on any atom is 0.183 e. The van der Waals surface area contributed by atoms with E-state index in [0.29, 0.717) is 17.1 Å². The summed E-state index contributed by atoms with van der Waals surface area (Å²) in [6, 6.07) is 7.42. The van der Waals surface area contributed by atoms with Gasteiger partial charge in [0.1, 0.15) is 5.69 Å². The molecule has 2 aromatic heterocycles. The summed E-state index contributed by atoms with van der Waals surface area (Å²) in [5.74, 6) is -0.000926. The van der Waals surface area contributed by atoms with Gasteiger partial charge in [-0.05, 0) is 30.0 Å². The Morgan fingerprint density at radius 2 is 2.25 bits per heavy atom. The number of carbonyl (C=O) groups is 1. The summed E-state index contributed by atoms with van der Waals surface area (Å²) in [7, 11) is 0. The maximum atomic E-state index is 11.8. The average Bonchev–Trinajstić information content (AvgIpc) is 2.79. The van der Waals surface area contributed by atoms with Gasteiger partial charge < -0.3 is 0 Å². The van der Waals surface area contributed by atoms with Crippen LogP contribution in [0.25, 0.3) is 0 Å². The number of ketones is 1. The van der Waals surface area contributed by atoms with E-state index in [1.165, 1.54) is 4.88 Å². The number of hydrogen-bond donors (Lipinski definition) is 0. The average molecular weight is 252 g/mol. The summed E-state index contributed by atoms with van der Waals surface area (Å²) in [6.07, 6.45) is 2.80. The quantitative estimate of drug-likeness (QED) is 0.777. The van der Waals surface area contributed by atoms with E-state index in [9.17, 15) is 4.79 Å². The first-order valence-electron chi connectivity index (χ1n) is 4.93. The SMILES string of the molecule is O=C(CCc1cccs1)c1ncccc1Cl. The second-order valence-electron chi connectivity index (χ2n) is 3.34. The minimum Gasteiger partial charge on any atom is -0.292 e. The minimum absolute atomic E-state index is 0.000926. The van der Waals surface area contributed by atoms with Gasteiger partial charge in [-0.2, -0.15) is 0 Å². The molecule has 0 fully saturated rings. The number of aryl methyl sites for hydroxylation is 1. The summed E-state index contributed by atoms with van der Waals surface area (Å²) < 4.78 is 0. The van der Waals surface area contributed by atoms with Gasteiger partial charge >= 0.3 is 0 Å². The molecule has 0 unspecified atom stereocenters. The molecule has 0 aromatic carbocycles. The van der Waals surface area contributed by atoms with Gasteiger partial charge in [0.05, 0.1) is 5.02 Å². The Kier molecular flexibility index (Phi) is 3.70. The molecule has 2 aromatic rings. The second kappa shape index (κ2) is 5.23. The molecule has 0 aliphatic carbocycles. The Balaban J connectivity index is 2.01. The Morgan fingerprint density at radius 3 is 2.94 bits per heavy atom. The van der Waals surface area contributed by atoms with Gasteiger partial charge in [-0.1, -0.05) is 17.7 Å². The standard InChI is InChI=1S/C12H10ClNOS/c13-10-4-1-7-14-12(10)11(15)6-5-9-3-2-8-16-9/h1-4,7-8H,5-6H2. The van der Waals surface area contributed by atoms with Crippen molar-refractivity contribution in [1.29, 1.82) is 0 Å². The summed E-state index contributed by atoms with van der Waals surface area (Å²) >= 11 is 7.56. The molecule has 2 heterocycles. The predicted octanol–water partition coefficient (Wildman–Crippen LogP) is 3.61. The van der Waals surface area contributed by atoms with Crippen molar-refractivity contribution in [2.45, 2.75) is 12.8 Å². The highest BCUT2D eigenvalue weighted by Crippen LogP contribution is 2.17. The first kappa shape index (κ1) is 11.3. The lowest BCUT2D eigenvalue weighted by atomic mass is 10.1. The molecule has 2 nitrogen and oxygen atoms in total. The summed E-state index contributed by atoms with van der Waals surface area (Å²) in [4.78, 5) is 17.0. The third-order valence-corrected chi connectivity index (χ3v) is 3.44. The smallest absolute Gasteiger partial charge is 0.183 e. The number of aromatic nitrogens is 1. The molecule has 0 saturated heterocycles. The van der Waals surface area contributed by atoms with Crippen LogP contribution in [-0.4, -0.2) is 10.8 Å². The van der Waals surface area contributed by atoms with Crippen LogP contribution in [0.1, 0.15) is 21.8 Å². The fourth-order valence-corrected chi connectivity index (χ4v) is 2.34. The van der Waals surface area contributed by atoms with E-state index in [-0.39, 0.29) is 5.78 Å². The zero-order chi connectivity index (χ0) is 11.4. The van der Waals surface area contributed by atoms with Crippen molar-refractivity contribution in [3.8, 4) is 0 Å². The van der Waals surface area contributed by atoms with Crippen molar-refractivity contribution in [1.82, 2.24) is 4.98 Å². The van der Waals surface area contributed by atoms with Crippen molar-refractivity contribution in [2.24, 2.45) is 0 Å². The summed E-state index contributed by atoms with van der Waals surface area (Å²) in [6.45, 7) is 0. The molecule has 0 N–H and O–H groups in total. The first-order chi connectivity index (χ1) is 7.77. The maximum absolute atomic E-state index is 11.8. The van der Waals surface area contributed by atoms with E-state index in [2.05, 4.69) is 4.98 Å². The largest absolute Gasteiger partial charge is 0.292 e. The molecule has 0 radical (unpaired) electrons. The Morgan fingerprint density at radius 1 is 1.38 bits per heavy atom. The summed E-state index contributed by atoms with van der Waals surface area (Å²) in [5.41, 5.74) is 0.376. The van der Waals surface area contributed by atoms with Gasteiger partial charge in [-0.15, -0.1) is 11.3 Å². The van der Waals surface area contributed by atoms with E-state index in [1.807, 2.05) is 17.5 Å². The molecule has 2 rings (SSSR count). The number of halogens is 1. The molecule has 0 spiro atoms. The molecule has 0 saturated carbocycles. The van der Waals surface area contributed by atoms with Crippen molar-refractivity contribution in [3.05, 3.63) is 51.4 Å². The minimum atomic E-state index is -0.000926. The van der Waals surface area contributed by atoms with Crippen LogP contribution in [0, 0.1) is 0 Å². The number of rotatable bonds is 4. The Labute approximate surface area is 103 Å². The van der Waals surface area contributed by atoms with E-state index < -0.39 is 0 Å². The molecule has 16 heavy (non-hydrogen) atoms. The van der Waals surface area contributed by atoms with Crippen molar-refractivity contribution < 1.29 is 4.79 Å². The molecule has 4 heteroatoms. The number of Topliss-reactive ketones (excluding diaryl/α,β-unsaturated/α-hetero) is 1. The van der Waals surface area contributed by atoms with Gasteiger partial charge in [0.2, 0.25) is 0 Å².